The van der Waals surface area contributed by atoms with E-state index in [0.717, 1.165) is 33.2 Å². The molecule has 4 rings (SSSR count). The van der Waals surface area contributed by atoms with Crippen LogP contribution in [0.25, 0.3) is 10.9 Å². The maximum atomic E-state index is 12.3. The standard InChI is InChI=1S/C26H24N4O3/c1-18-7-10-21(19(2)13-18)14-26(31)28-27-15-22-17-29(25-6-4-3-5-24(22)25)16-20-8-11-23(12-9-20)30(32)33/h3-13,15,17H,14,16H2,1-2H3,(H,28,31)/b27-15-. The number of nitro groups is 1. The summed E-state index contributed by atoms with van der Waals surface area (Å²) >= 11 is 0. The number of carbonyl (C=O) groups excluding carboxylic acids is 1. The topological polar surface area (TPSA) is 89.5 Å². The minimum Gasteiger partial charge on any atom is -0.342 e. The Morgan fingerprint density at radius 3 is 2.58 bits per heavy atom. The van der Waals surface area contributed by atoms with Crippen molar-refractivity contribution in [1.29, 1.82) is 0 Å². The lowest BCUT2D eigenvalue weighted by Gasteiger charge is -2.05. The first-order valence-electron chi connectivity index (χ1n) is 10.6. The molecule has 0 fully saturated rings. The molecule has 1 amide bonds. The monoisotopic (exact) mass is 440 g/mol. The predicted molar refractivity (Wildman–Crippen MR) is 129 cm³/mol. The van der Waals surface area contributed by atoms with Gasteiger partial charge in [0.25, 0.3) is 5.69 Å². The van der Waals surface area contributed by atoms with Gasteiger partial charge in [-0.25, -0.2) is 5.43 Å². The van der Waals surface area contributed by atoms with Gasteiger partial charge in [-0.3, -0.25) is 14.9 Å². The summed E-state index contributed by atoms with van der Waals surface area (Å²) in [5.41, 5.74) is 8.76. The molecule has 1 N–H and O–H groups in total. The number of benzene rings is 3. The van der Waals surface area contributed by atoms with E-state index in [9.17, 15) is 14.9 Å². The second-order valence-electron chi connectivity index (χ2n) is 8.05. The Balaban J connectivity index is 1.49. The highest BCUT2D eigenvalue weighted by molar-refractivity contribution is 5.99. The van der Waals surface area contributed by atoms with Crippen LogP contribution in [-0.4, -0.2) is 21.6 Å². The zero-order chi connectivity index (χ0) is 23.4. The molecular weight excluding hydrogens is 416 g/mol. The van der Waals surface area contributed by atoms with E-state index < -0.39 is 4.92 Å². The smallest absolute Gasteiger partial charge is 0.269 e. The van der Waals surface area contributed by atoms with E-state index in [1.807, 2.05) is 56.4 Å². The maximum absolute atomic E-state index is 12.3. The normalized spacial score (nSPS) is 11.2. The van der Waals surface area contributed by atoms with Crippen molar-refractivity contribution in [2.24, 2.45) is 5.10 Å². The number of aryl methyl sites for hydroxylation is 2. The number of rotatable bonds is 7. The van der Waals surface area contributed by atoms with Gasteiger partial charge in [0.2, 0.25) is 5.91 Å². The summed E-state index contributed by atoms with van der Waals surface area (Å²) in [5.74, 6) is -0.173. The van der Waals surface area contributed by atoms with Crippen molar-refractivity contribution in [2.75, 3.05) is 0 Å². The maximum Gasteiger partial charge on any atom is 0.269 e. The van der Waals surface area contributed by atoms with Crippen LogP contribution in [0.2, 0.25) is 0 Å². The Morgan fingerprint density at radius 1 is 1.09 bits per heavy atom. The quantitative estimate of drug-likeness (QED) is 0.252. The van der Waals surface area contributed by atoms with Crippen LogP contribution in [-0.2, 0) is 17.8 Å². The Morgan fingerprint density at radius 2 is 1.85 bits per heavy atom. The predicted octanol–water partition coefficient (Wildman–Crippen LogP) is 4.91. The molecule has 0 aliphatic heterocycles. The lowest BCUT2D eigenvalue weighted by molar-refractivity contribution is -0.384. The Kier molecular flexibility index (Phi) is 6.31. The number of nitrogens with zero attached hydrogens (tertiary/aromatic N) is 3. The third-order valence-electron chi connectivity index (χ3n) is 5.56. The van der Waals surface area contributed by atoms with E-state index in [-0.39, 0.29) is 18.0 Å². The summed E-state index contributed by atoms with van der Waals surface area (Å²) in [6, 6.07) is 20.5. The first-order valence-corrected chi connectivity index (χ1v) is 10.6. The van der Waals surface area contributed by atoms with Crippen LogP contribution in [0.3, 0.4) is 0 Å². The first-order chi connectivity index (χ1) is 15.9. The first kappa shape index (κ1) is 22.0. The molecule has 0 aliphatic carbocycles. The second kappa shape index (κ2) is 9.48. The lowest BCUT2D eigenvalue weighted by atomic mass is 10.0. The van der Waals surface area contributed by atoms with Crippen molar-refractivity contribution < 1.29 is 9.72 Å². The number of aromatic nitrogens is 1. The number of fused-ring (bicyclic) bond motifs is 1. The van der Waals surface area contributed by atoms with E-state index in [1.165, 1.54) is 17.7 Å². The van der Waals surface area contributed by atoms with Gasteiger partial charge in [0.05, 0.1) is 17.6 Å². The molecule has 0 spiro atoms. The fourth-order valence-electron chi connectivity index (χ4n) is 3.86. The Bertz CT molecular complexity index is 1350. The van der Waals surface area contributed by atoms with Crippen molar-refractivity contribution in [3.05, 3.63) is 111 Å². The van der Waals surface area contributed by atoms with E-state index in [4.69, 9.17) is 0 Å². The van der Waals surface area contributed by atoms with Crippen molar-refractivity contribution in [3.63, 3.8) is 0 Å². The van der Waals surface area contributed by atoms with Gasteiger partial charge in [-0.1, -0.05) is 54.1 Å². The molecule has 0 atom stereocenters. The average Bonchev–Trinajstić information content (AvgIpc) is 3.13. The Hall–Kier alpha value is -4.26. The molecule has 1 aromatic heterocycles. The SMILES string of the molecule is Cc1ccc(CC(=O)N/N=C\c2cn(Cc3ccc([N+](=O)[O-])cc3)c3ccccc23)c(C)c1. The third kappa shape index (κ3) is 5.15. The molecule has 33 heavy (non-hydrogen) atoms. The molecule has 166 valence electrons. The van der Waals surface area contributed by atoms with Gasteiger partial charge in [-0.2, -0.15) is 5.10 Å². The van der Waals surface area contributed by atoms with Gasteiger partial charge in [0.1, 0.15) is 0 Å². The van der Waals surface area contributed by atoms with E-state index >= 15 is 0 Å². The van der Waals surface area contributed by atoms with Crippen molar-refractivity contribution in [2.45, 2.75) is 26.8 Å². The van der Waals surface area contributed by atoms with Crippen LogP contribution < -0.4 is 5.43 Å². The summed E-state index contributed by atoms with van der Waals surface area (Å²) in [6.45, 7) is 4.59. The number of hydrazone groups is 1. The van der Waals surface area contributed by atoms with Crippen LogP contribution in [0.1, 0.15) is 27.8 Å². The van der Waals surface area contributed by atoms with Crippen molar-refractivity contribution in [1.82, 2.24) is 9.99 Å². The zero-order valence-electron chi connectivity index (χ0n) is 18.5. The van der Waals surface area contributed by atoms with Crippen LogP contribution in [0, 0.1) is 24.0 Å². The van der Waals surface area contributed by atoms with Crippen LogP contribution in [0.5, 0.6) is 0 Å². The summed E-state index contributed by atoms with van der Waals surface area (Å²) in [4.78, 5) is 22.8. The molecule has 0 radical (unpaired) electrons. The van der Waals surface area contributed by atoms with Gasteiger partial charge < -0.3 is 4.57 Å². The van der Waals surface area contributed by atoms with E-state index in [0.29, 0.717) is 6.54 Å². The lowest BCUT2D eigenvalue weighted by Crippen LogP contribution is -2.20. The highest BCUT2D eigenvalue weighted by Crippen LogP contribution is 2.22. The molecule has 7 nitrogen and oxygen atoms in total. The largest absolute Gasteiger partial charge is 0.342 e. The number of hydrogen-bond acceptors (Lipinski definition) is 4. The van der Waals surface area contributed by atoms with E-state index in [2.05, 4.69) is 21.2 Å². The van der Waals surface area contributed by atoms with Gasteiger partial charge in [-0.15, -0.1) is 0 Å². The number of amides is 1. The molecule has 0 unspecified atom stereocenters. The van der Waals surface area contributed by atoms with Gasteiger partial charge in [-0.05, 0) is 36.6 Å². The van der Waals surface area contributed by atoms with E-state index in [1.54, 1.807) is 18.3 Å². The number of non-ortho nitro benzene ring substituents is 1. The molecule has 7 heteroatoms. The number of hydrogen-bond donors (Lipinski definition) is 1. The number of nitro benzene ring substituents is 1. The van der Waals surface area contributed by atoms with Crippen molar-refractivity contribution in [3.8, 4) is 0 Å². The zero-order valence-corrected chi connectivity index (χ0v) is 18.5. The van der Waals surface area contributed by atoms with Gasteiger partial charge in [0.15, 0.2) is 0 Å². The molecular formula is C26H24N4O3. The van der Waals surface area contributed by atoms with Crippen LogP contribution in [0.15, 0.2) is 78.0 Å². The third-order valence-corrected chi connectivity index (χ3v) is 5.56. The highest BCUT2D eigenvalue weighted by atomic mass is 16.6. The number of para-hydroxylation sites is 1. The molecule has 0 saturated carbocycles. The fraction of sp³-hybridized carbons (Fsp3) is 0.154. The fourth-order valence-corrected chi connectivity index (χ4v) is 3.86. The molecule has 0 saturated heterocycles. The van der Waals surface area contributed by atoms with Crippen LogP contribution in [0.4, 0.5) is 5.69 Å². The number of nitrogens with one attached hydrogen (secondary N) is 1. The molecule has 3 aromatic carbocycles. The molecule has 0 bridgehead atoms. The number of carbonyl (C=O) groups is 1. The molecule has 4 aromatic rings. The summed E-state index contributed by atoms with van der Waals surface area (Å²) in [6.07, 6.45) is 3.88. The van der Waals surface area contributed by atoms with Crippen molar-refractivity contribution >= 4 is 28.7 Å². The Labute approximate surface area is 191 Å². The second-order valence-corrected chi connectivity index (χ2v) is 8.05. The summed E-state index contributed by atoms with van der Waals surface area (Å²) in [5, 5.41) is 16.1. The average molecular weight is 441 g/mol. The highest BCUT2D eigenvalue weighted by Gasteiger charge is 2.10. The molecule has 1 heterocycles. The van der Waals surface area contributed by atoms with Crippen LogP contribution >= 0.6 is 0 Å². The van der Waals surface area contributed by atoms with Gasteiger partial charge in [0, 0.05) is 41.3 Å². The minimum atomic E-state index is -0.405. The summed E-state index contributed by atoms with van der Waals surface area (Å²) in [7, 11) is 0. The molecule has 0 aliphatic rings. The minimum absolute atomic E-state index is 0.0699. The summed E-state index contributed by atoms with van der Waals surface area (Å²) < 4.78 is 2.06. The van der Waals surface area contributed by atoms with Gasteiger partial charge >= 0.3 is 0 Å².